The van der Waals surface area contributed by atoms with Crippen LogP contribution in [0.4, 0.5) is 5.95 Å². The van der Waals surface area contributed by atoms with Crippen LogP contribution in [0.2, 0.25) is 5.02 Å². The fourth-order valence-electron chi connectivity index (χ4n) is 3.79. The molecule has 7 heteroatoms. The number of piperidine rings is 1. The third kappa shape index (κ3) is 3.80. The zero-order valence-electron chi connectivity index (χ0n) is 14.6. The van der Waals surface area contributed by atoms with Crippen LogP contribution in [0.1, 0.15) is 25.7 Å². The van der Waals surface area contributed by atoms with Crippen molar-refractivity contribution in [3.8, 4) is 11.3 Å². The van der Waals surface area contributed by atoms with Crippen LogP contribution in [0.5, 0.6) is 0 Å². The summed E-state index contributed by atoms with van der Waals surface area (Å²) in [6.07, 6.45) is 5.60. The van der Waals surface area contributed by atoms with Gasteiger partial charge in [0, 0.05) is 43.2 Å². The molecule has 2 fully saturated rings. The minimum atomic E-state index is 0.296. The average molecular weight is 372 g/mol. The molecule has 2 saturated heterocycles. The quantitative estimate of drug-likeness (QED) is 0.826. The maximum Gasteiger partial charge on any atom is 0.245 e. The van der Waals surface area contributed by atoms with Gasteiger partial charge >= 0.3 is 0 Å². The van der Waals surface area contributed by atoms with E-state index >= 15 is 0 Å². The predicted octanol–water partition coefficient (Wildman–Crippen LogP) is 3.03. The minimum absolute atomic E-state index is 0.296. The van der Waals surface area contributed by atoms with Crippen molar-refractivity contribution in [2.45, 2.75) is 25.7 Å². The number of carbonyl (C=O) groups is 1. The van der Waals surface area contributed by atoms with E-state index in [2.05, 4.69) is 15.1 Å². The Bertz CT molecular complexity index is 782. The van der Waals surface area contributed by atoms with Crippen LogP contribution in [0.3, 0.4) is 0 Å². The van der Waals surface area contributed by atoms with Crippen LogP contribution in [-0.2, 0) is 4.79 Å². The lowest BCUT2D eigenvalue weighted by Crippen LogP contribution is -2.42. The van der Waals surface area contributed by atoms with Crippen LogP contribution in [-0.4, -0.2) is 52.2 Å². The first-order valence-electron chi connectivity index (χ1n) is 9.17. The smallest absolute Gasteiger partial charge is 0.245 e. The molecule has 136 valence electrons. The Morgan fingerprint density at radius 1 is 1.15 bits per heavy atom. The van der Waals surface area contributed by atoms with Crippen molar-refractivity contribution in [1.29, 1.82) is 0 Å². The van der Waals surface area contributed by atoms with Gasteiger partial charge in [0.2, 0.25) is 11.9 Å². The zero-order valence-corrected chi connectivity index (χ0v) is 15.4. The van der Waals surface area contributed by atoms with Crippen molar-refractivity contribution < 1.29 is 4.79 Å². The molecule has 0 spiro atoms. The number of rotatable bonds is 4. The number of nitrogens with zero attached hydrogens (tertiary/aromatic N) is 5. The Balaban J connectivity index is 1.47. The first kappa shape index (κ1) is 17.2. The van der Waals surface area contributed by atoms with E-state index < -0.39 is 0 Å². The van der Waals surface area contributed by atoms with Crippen molar-refractivity contribution in [2.75, 3.05) is 31.1 Å². The van der Waals surface area contributed by atoms with Gasteiger partial charge in [0.25, 0.3) is 0 Å². The van der Waals surface area contributed by atoms with Crippen LogP contribution < -0.4 is 4.90 Å². The second-order valence-corrected chi connectivity index (χ2v) is 7.48. The van der Waals surface area contributed by atoms with Crippen molar-refractivity contribution in [3.63, 3.8) is 0 Å². The maximum atomic E-state index is 11.9. The number of aromatic nitrogens is 3. The van der Waals surface area contributed by atoms with E-state index in [1.165, 1.54) is 0 Å². The van der Waals surface area contributed by atoms with Gasteiger partial charge in [-0.25, -0.2) is 4.98 Å². The molecule has 0 saturated carbocycles. The molecule has 1 atom stereocenters. The largest absolute Gasteiger partial charge is 0.342 e. The molecule has 3 heterocycles. The normalized spacial score (nSPS) is 20.7. The van der Waals surface area contributed by atoms with Crippen molar-refractivity contribution in [2.24, 2.45) is 5.92 Å². The average Bonchev–Trinajstić information content (AvgIpc) is 3.07. The van der Waals surface area contributed by atoms with Gasteiger partial charge in [0.05, 0.1) is 11.9 Å². The molecule has 0 N–H and O–H groups in total. The first-order valence-corrected chi connectivity index (χ1v) is 9.55. The van der Waals surface area contributed by atoms with Gasteiger partial charge in [0.15, 0.2) is 0 Å². The molecule has 26 heavy (non-hydrogen) atoms. The summed E-state index contributed by atoms with van der Waals surface area (Å²) in [5.74, 6) is 1.42. The molecule has 1 aromatic heterocycles. The number of hydrogen-bond acceptors (Lipinski definition) is 5. The highest BCUT2D eigenvalue weighted by molar-refractivity contribution is 6.30. The summed E-state index contributed by atoms with van der Waals surface area (Å²) in [5.41, 5.74) is 1.77. The summed E-state index contributed by atoms with van der Waals surface area (Å²) in [6.45, 7) is 3.55. The molecular formula is C19H22ClN5O. The van der Waals surface area contributed by atoms with Gasteiger partial charge in [-0.1, -0.05) is 23.7 Å². The summed E-state index contributed by atoms with van der Waals surface area (Å²) in [7, 11) is 0. The van der Waals surface area contributed by atoms with E-state index in [-0.39, 0.29) is 0 Å². The van der Waals surface area contributed by atoms with E-state index in [0.29, 0.717) is 29.2 Å². The number of hydrogen-bond donors (Lipinski definition) is 0. The highest BCUT2D eigenvalue weighted by Gasteiger charge is 2.27. The lowest BCUT2D eigenvalue weighted by atomic mass is 9.98. The summed E-state index contributed by atoms with van der Waals surface area (Å²) in [4.78, 5) is 20.8. The topological polar surface area (TPSA) is 62.2 Å². The molecule has 0 radical (unpaired) electrons. The number of anilines is 1. The van der Waals surface area contributed by atoms with E-state index in [1.54, 1.807) is 6.20 Å². The monoisotopic (exact) mass is 371 g/mol. The predicted molar refractivity (Wildman–Crippen MR) is 101 cm³/mol. The molecule has 1 aromatic carbocycles. The number of amides is 1. The highest BCUT2D eigenvalue weighted by atomic mass is 35.5. The zero-order chi connectivity index (χ0) is 17.9. The van der Waals surface area contributed by atoms with Gasteiger partial charge in [-0.05, 0) is 37.3 Å². The molecular weight excluding hydrogens is 350 g/mol. The summed E-state index contributed by atoms with van der Waals surface area (Å²) < 4.78 is 0. The van der Waals surface area contributed by atoms with Crippen LogP contribution in [0, 0.1) is 5.92 Å². The Morgan fingerprint density at radius 3 is 2.77 bits per heavy atom. The highest BCUT2D eigenvalue weighted by Crippen LogP contribution is 2.25. The fourth-order valence-corrected chi connectivity index (χ4v) is 3.92. The van der Waals surface area contributed by atoms with Crippen molar-refractivity contribution in [3.05, 3.63) is 35.5 Å². The summed E-state index contributed by atoms with van der Waals surface area (Å²) >= 11 is 5.96. The summed E-state index contributed by atoms with van der Waals surface area (Å²) in [6, 6.07) is 7.58. The van der Waals surface area contributed by atoms with Crippen LogP contribution in [0.25, 0.3) is 11.3 Å². The minimum Gasteiger partial charge on any atom is -0.342 e. The number of benzene rings is 1. The van der Waals surface area contributed by atoms with Gasteiger partial charge in [-0.15, -0.1) is 5.10 Å². The third-order valence-electron chi connectivity index (χ3n) is 5.14. The first-order chi connectivity index (χ1) is 12.7. The van der Waals surface area contributed by atoms with Crippen LogP contribution >= 0.6 is 11.6 Å². The molecule has 2 aliphatic rings. The standard InChI is InChI=1S/C19H22ClN5O/c20-16-7-5-15(6-8-16)17-11-21-23-19(22-17)25-10-1-3-14(13-25)12-24-9-2-4-18(24)26/h5-8,11,14H,1-4,9-10,12-13H2. The van der Waals surface area contributed by atoms with E-state index in [9.17, 15) is 4.79 Å². The van der Waals surface area contributed by atoms with Gasteiger partial charge in [0.1, 0.15) is 0 Å². The second kappa shape index (κ2) is 7.58. The molecule has 0 bridgehead atoms. The number of carbonyl (C=O) groups excluding carboxylic acids is 1. The maximum absolute atomic E-state index is 11.9. The molecule has 1 amide bonds. The SMILES string of the molecule is O=C1CCCN1CC1CCCN(c2nncc(-c3ccc(Cl)cc3)n2)C1. The molecule has 1 unspecified atom stereocenters. The molecule has 2 aromatic rings. The molecule has 2 aliphatic heterocycles. The Labute approximate surface area is 158 Å². The Hall–Kier alpha value is -2.21. The molecule has 0 aliphatic carbocycles. The van der Waals surface area contributed by atoms with E-state index in [4.69, 9.17) is 16.6 Å². The van der Waals surface area contributed by atoms with E-state index in [1.807, 2.05) is 29.2 Å². The second-order valence-electron chi connectivity index (χ2n) is 7.05. The van der Waals surface area contributed by atoms with Gasteiger partial charge < -0.3 is 9.80 Å². The lowest BCUT2D eigenvalue weighted by molar-refractivity contribution is -0.128. The number of likely N-dealkylation sites (tertiary alicyclic amines) is 1. The Morgan fingerprint density at radius 2 is 2.00 bits per heavy atom. The Kier molecular flexibility index (Phi) is 5.02. The van der Waals surface area contributed by atoms with Crippen molar-refractivity contribution in [1.82, 2.24) is 20.1 Å². The summed E-state index contributed by atoms with van der Waals surface area (Å²) in [5, 5.41) is 9.09. The fraction of sp³-hybridized carbons (Fsp3) is 0.474. The molecule has 6 nitrogen and oxygen atoms in total. The van der Waals surface area contributed by atoms with E-state index in [0.717, 1.165) is 56.7 Å². The molecule has 4 rings (SSSR count). The lowest BCUT2D eigenvalue weighted by Gasteiger charge is -2.34. The van der Waals surface area contributed by atoms with Crippen LogP contribution in [0.15, 0.2) is 30.5 Å². The number of halogens is 1. The van der Waals surface area contributed by atoms with Crippen molar-refractivity contribution >= 4 is 23.5 Å². The third-order valence-corrected chi connectivity index (χ3v) is 5.39. The van der Waals surface area contributed by atoms with Gasteiger partial charge in [-0.3, -0.25) is 4.79 Å². The van der Waals surface area contributed by atoms with Gasteiger partial charge in [-0.2, -0.15) is 5.10 Å².